The lowest BCUT2D eigenvalue weighted by Crippen LogP contribution is -1.98. The zero-order valence-corrected chi connectivity index (χ0v) is 12.3. The number of anilines is 3. The van der Waals surface area contributed by atoms with E-state index in [1.165, 1.54) is 12.1 Å². The summed E-state index contributed by atoms with van der Waals surface area (Å²) in [7, 11) is 1.56. The average Bonchev–Trinajstić information content (AvgIpc) is 2.35. The molecule has 0 aliphatic heterocycles. The standard InChI is InChI=1S/C13H11BrClFN2O/c1-19-8-2-3-12(11(17)6-8)18-13-9(14)4-7(16)5-10(13)15/h2-6,18H,17H2,1H3. The van der Waals surface area contributed by atoms with Gasteiger partial charge in [-0.1, -0.05) is 11.6 Å². The van der Waals surface area contributed by atoms with Crippen LogP contribution < -0.4 is 15.8 Å². The normalized spacial score (nSPS) is 10.3. The van der Waals surface area contributed by atoms with Gasteiger partial charge in [0.05, 0.1) is 29.2 Å². The number of rotatable bonds is 3. The predicted octanol–water partition coefficient (Wildman–Crippen LogP) is 4.58. The zero-order chi connectivity index (χ0) is 14.0. The molecule has 6 heteroatoms. The van der Waals surface area contributed by atoms with E-state index in [0.29, 0.717) is 27.3 Å². The van der Waals surface area contributed by atoms with E-state index in [4.69, 9.17) is 22.1 Å². The summed E-state index contributed by atoms with van der Waals surface area (Å²) in [6.07, 6.45) is 0. The number of hydrogen-bond donors (Lipinski definition) is 2. The molecular weight excluding hydrogens is 335 g/mol. The van der Waals surface area contributed by atoms with Gasteiger partial charge >= 0.3 is 0 Å². The topological polar surface area (TPSA) is 47.3 Å². The minimum absolute atomic E-state index is 0.266. The molecule has 0 unspecified atom stereocenters. The van der Waals surface area contributed by atoms with Gasteiger partial charge in [-0.15, -0.1) is 0 Å². The maximum atomic E-state index is 13.1. The maximum absolute atomic E-state index is 13.1. The molecule has 0 bridgehead atoms. The van der Waals surface area contributed by atoms with E-state index in [2.05, 4.69) is 21.2 Å². The first-order valence-electron chi connectivity index (χ1n) is 5.36. The van der Waals surface area contributed by atoms with Crippen LogP contribution in [-0.4, -0.2) is 7.11 Å². The smallest absolute Gasteiger partial charge is 0.125 e. The summed E-state index contributed by atoms with van der Waals surface area (Å²) in [5.41, 5.74) is 7.62. The molecule has 0 saturated heterocycles. The molecule has 0 fully saturated rings. The second kappa shape index (κ2) is 5.67. The van der Waals surface area contributed by atoms with E-state index < -0.39 is 5.82 Å². The van der Waals surface area contributed by atoms with Crippen molar-refractivity contribution in [1.82, 2.24) is 0 Å². The molecule has 0 heterocycles. The molecule has 19 heavy (non-hydrogen) atoms. The number of halogens is 3. The molecule has 0 radical (unpaired) electrons. The second-order valence-corrected chi connectivity index (χ2v) is 5.08. The van der Waals surface area contributed by atoms with Crippen molar-refractivity contribution in [2.45, 2.75) is 0 Å². The maximum Gasteiger partial charge on any atom is 0.125 e. The second-order valence-electron chi connectivity index (χ2n) is 3.82. The summed E-state index contributed by atoms with van der Waals surface area (Å²) in [6.45, 7) is 0. The Labute approximate surface area is 123 Å². The first kappa shape index (κ1) is 14.0. The lowest BCUT2D eigenvalue weighted by atomic mass is 10.2. The van der Waals surface area contributed by atoms with Gasteiger partial charge in [-0.3, -0.25) is 0 Å². The molecule has 0 aliphatic rings. The monoisotopic (exact) mass is 344 g/mol. The fraction of sp³-hybridized carbons (Fsp3) is 0.0769. The first-order chi connectivity index (χ1) is 9.01. The van der Waals surface area contributed by atoms with Gasteiger partial charge in [-0.05, 0) is 40.2 Å². The summed E-state index contributed by atoms with van der Waals surface area (Å²) < 4.78 is 18.7. The molecule has 2 rings (SSSR count). The van der Waals surface area contributed by atoms with Gasteiger partial charge in [-0.2, -0.15) is 0 Å². The Morgan fingerprint density at radius 3 is 2.63 bits per heavy atom. The van der Waals surface area contributed by atoms with E-state index in [1.54, 1.807) is 25.3 Å². The van der Waals surface area contributed by atoms with Crippen LogP contribution >= 0.6 is 27.5 Å². The van der Waals surface area contributed by atoms with Crippen LogP contribution in [0.2, 0.25) is 5.02 Å². The highest BCUT2D eigenvalue weighted by Crippen LogP contribution is 2.36. The van der Waals surface area contributed by atoms with E-state index in [-0.39, 0.29) is 5.02 Å². The number of nitrogen functional groups attached to an aromatic ring is 1. The number of ether oxygens (including phenoxy) is 1. The van der Waals surface area contributed by atoms with Gasteiger partial charge in [0.1, 0.15) is 11.6 Å². The molecule has 0 saturated carbocycles. The number of hydrogen-bond acceptors (Lipinski definition) is 3. The van der Waals surface area contributed by atoms with Crippen molar-refractivity contribution in [2.24, 2.45) is 0 Å². The van der Waals surface area contributed by atoms with Crippen molar-refractivity contribution in [3.8, 4) is 5.75 Å². The molecule has 0 aliphatic carbocycles. The molecule has 0 spiro atoms. The predicted molar refractivity (Wildman–Crippen MR) is 79.8 cm³/mol. The van der Waals surface area contributed by atoms with Crippen LogP contribution in [0, 0.1) is 5.82 Å². The lowest BCUT2D eigenvalue weighted by molar-refractivity contribution is 0.415. The quantitative estimate of drug-likeness (QED) is 0.801. The Kier molecular flexibility index (Phi) is 4.17. The molecule has 100 valence electrons. The molecule has 0 atom stereocenters. The van der Waals surface area contributed by atoms with Gasteiger partial charge in [0, 0.05) is 10.5 Å². The van der Waals surface area contributed by atoms with Gasteiger partial charge in [0.15, 0.2) is 0 Å². The van der Waals surface area contributed by atoms with E-state index in [0.717, 1.165) is 0 Å². The SMILES string of the molecule is COc1ccc(Nc2c(Cl)cc(F)cc2Br)c(N)c1. The number of nitrogens with one attached hydrogen (secondary N) is 1. The highest BCUT2D eigenvalue weighted by Gasteiger charge is 2.10. The molecule has 3 nitrogen and oxygen atoms in total. The molecule has 2 aromatic rings. The Morgan fingerprint density at radius 1 is 1.32 bits per heavy atom. The third-order valence-corrected chi connectivity index (χ3v) is 3.45. The fourth-order valence-corrected chi connectivity index (χ4v) is 2.48. The van der Waals surface area contributed by atoms with E-state index >= 15 is 0 Å². The van der Waals surface area contributed by atoms with Crippen molar-refractivity contribution in [2.75, 3.05) is 18.2 Å². The summed E-state index contributed by atoms with van der Waals surface area (Å²) in [5, 5.41) is 3.33. The highest BCUT2D eigenvalue weighted by atomic mass is 79.9. The lowest BCUT2D eigenvalue weighted by Gasteiger charge is -2.13. The minimum Gasteiger partial charge on any atom is -0.497 e. The van der Waals surface area contributed by atoms with Crippen LogP contribution in [0.15, 0.2) is 34.8 Å². The summed E-state index contributed by atoms with van der Waals surface area (Å²) >= 11 is 9.25. The van der Waals surface area contributed by atoms with Gasteiger partial charge in [-0.25, -0.2) is 4.39 Å². The summed E-state index contributed by atoms with van der Waals surface area (Å²) in [5.74, 6) is 0.248. The molecule has 3 N–H and O–H groups in total. The third-order valence-electron chi connectivity index (χ3n) is 2.53. The van der Waals surface area contributed by atoms with Crippen LogP contribution in [0.5, 0.6) is 5.75 Å². The Bertz CT molecular complexity index is 599. The van der Waals surface area contributed by atoms with Crippen LogP contribution in [0.25, 0.3) is 0 Å². The molecule has 0 aromatic heterocycles. The first-order valence-corrected chi connectivity index (χ1v) is 6.53. The van der Waals surface area contributed by atoms with Gasteiger partial charge < -0.3 is 15.8 Å². The van der Waals surface area contributed by atoms with Crippen molar-refractivity contribution >= 4 is 44.6 Å². The molecule has 0 amide bonds. The highest BCUT2D eigenvalue weighted by molar-refractivity contribution is 9.10. The Hall–Kier alpha value is -1.46. The largest absolute Gasteiger partial charge is 0.497 e. The van der Waals surface area contributed by atoms with E-state index in [9.17, 15) is 4.39 Å². The fourth-order valence-electron chi connectivity index (χ4n) is 1.58. The van der Waals surface area contributed by atoms with Crippen LogP contribution in [0.1, 0.15) is 0 Å². The molecule has 2 aromatic carbocycles. The van der Waals surface area contributed by atoms with Crippen molar-refractivity contribution < 1.29 is 9.13 Å². The van der Waals surface area contributed by atoms with Crippen molar-refractivity contribution in [3.05, 3.63) is 45.6 Å². The van der Waals surface area contributed by atoms with E-state index in [1.807, 2.05) is 0 Å². The van der Waals surface area contributed by atoms with Gasteiger partial charge in [0.2, 0.25) is 0 Å². The third kappa shape index (κ3) is 3.11. The molecular formula is C13H11BrClFN2O. The number of nitrogens with two attached hydrogens (primary N) is 1. The Morgan fingerprint density at radius 2 is 2.05 bits per heavy atom. The summed E-state index contributed by atoms with van der Waals surface area (Å²) in [6, 6.07) is 7.78. The minimum atomic E-state index is -0.412. The van der Waals surface area contributed by atoms with Crippen molar-refractivity contribution in [3.63, 3.8) is 0 Å². The average molecular weight is 346 g/mol. The van der Waals surface area contributed by atoms with Crippen LogP contribution in [0.4, 0.5) is 21.5 Å². The summed E-state index contributed by atoms with van der Waals surface area (Å²) in [4.78, 5) is 0. The number of benzene rings is 2. The van der Waals surface area contributed by atoms with Crippen molar-refractivity contribution in [1.29, 1.82) is 0 Å². The van der Waals surface area contributed by atoms with Crippen LogP contribution in [0.3, 0.4) is 0 Å². The Balaban J connectivity index is 2.36. The van der Waals surface area contributed by atoms with Gasteiger partial charge in [0.25, 0.3) is 0 Å². The number of methoxy groups -OCH3 is 1. The zero-order valence-electron chi connectivity index (χ0n) is 10.0. The van der Waals surface area contributed by atoms with Crippen LogP contribution in [-0.2, 0) is 0 Å².